The van der Waals surface area contributed by atoms with Gasteiger partial charge >= 0.3 is 6.18 Å². The Balaban J connectivity index is 2.21. The van der Waals surface area contributed by atoms with Crippen molar-refractivity contribution in [2.24, 2.45) is 0 Å². The smallest absolute Gasteiger partial charge is 0.388 e. The standard InChI is InChI=1S/C12H15F3N2O/c1-2-11(18)6-7-17(8-11)10-5-3-4-9(16-10)12(13,14)15/h3-5,18H,2,6-8H2,1H3/t11-/m1/s1. The van der Waals surface area contributed by atoms with E-state index in [9.17, 15) is 18.3 Å². The lowest BCUT2D eigenvalue weighted by molar-refractivity contribution is -0.141. The first-order valence-corrected chi connectivity index (χ1v) is 5.86. The molecule has 6 heteroatoms. The monoisotopic (exact) mass is 260 g/mol. The summed E-state index contributed by atoms with van der Waals surface area (Å²) >= 11 is 0. The van der Waals surface area contributed by atoms with Gasteiger partial charge in [-0.1, -0.05) is 13.0 Å². The van der Waals surface area contributed by atoms with Gasteiger partial charge in [-0.2, -0.15) is 13.2 Å². The SMILES string of the molecule is CC[C@@]1(O)CCN(c2cccc(C(F)(F)F)n2)C1. The molecule has 0 aromatic carbocycles. The number of rotatable bonds is 2. The normalized spacial score (nSPS) is 24.6. The van der Waals surface area contributed by atoms with Crippen LogP contribution in [0.1, 0.15) is 25.5 Å². The van der Waals surface area contributed by atoms with Crippen molar-refractivity contribution < 1.29 is 18.3 Å². The molecule has 1 aliphatic heterocycles. The fourth-order valence-electron chi connectivity index (χ4n) is 2.10. The molecule has 2 rings (SSSR count). The van der Waals surface area contributed by atoms with Gasteiger partial charge < -0.3 is 10.0 Å². The highest BCUT2D eigenvalue weighted by Gasteiger charge is 2.36. The maximum atomic E-state index is 12.5. The van der Waals surface area contributed by atoms with E-state index in [2.05, 4.69) is 4.98 Å². The van der Waals surface area contributed by atoms with E-state index in [1.54, 1.807) is 4.90 Å². The molecule has 0 aliphatic carbocycles. The van der Waals surface area contributed by atoms with E-state index in [1.165, 1.54) is 12.1 Å². The molecular weight excluding hydrogens is 245 g/mol. The molecule has 0 spiro atoms. The second-order valence-electron chi connectivity index (χ2n) is 4.63. The van der Waals surface area contributed by atoms with Gasteiger partial charge in [-0.25, -0.2) is 4.98 Å². The van der Waals surface area contributed by atoms with Crippen LogP contribution in [0, 0.1) is 0 Å². The average molecular weight is 260 g/mol. The van der Waals surface area contributed by atoms with Gasteiger partial charge in [-0.3, -0.25) is 0 Å². The Bertz CT molecular complexity index is 436. The van der Waals surface area contributed by atoms with Crippen molar-refractivity contribution in [2.75, 3.05) is 18.0 Å². The quantitative estimate of drug-likeness (QED) is 0.887. The number of nitrogens with zero attached hydrogens (tertiary/aromatic N) is 2. The third-order valence-electron chi connectivity index (χ3n) is 3.34. The van der Waals surface area contributed by atoms with E-state index in [0.717, 1.165) is 6.07 Å². The van der Waals surface area contributed by atoms with Crippen LogP contribution in [0.5, 0.6) is 0 Å². The Morgan fingerprint density at radius 2 is 2.17 bits per heavy atom. The van der Waals surface area contributed by atoms with E-state index in [0.29, 0.717) is 25.9 Å². The minimum Gasteiger partial charge on any atom is -0.388 e. The van der Waals surface area contributed by atoms with E-state index < -0.39 is 17.5 Å². The highest BCUT2D eigenvalue weighted by Crippen LogP contribution is 2.31. The summed E-state index contributed by atoms with van der Waals surface area (Å²) in [6, 6.07) is 3.83. The zero-order chi connectivity index (χ0) is 13.4. The number of halogens is 3. The predicted octanol–water partition coefficient (Wildman–Crippen LogP) is 2.45. The summed E-state index contributed by atoms with van der Waals surface area (Å²) in [5, 5.41) is 10.1. The van der Waals surface area contributed by atoms with Gasteiger partial charge in [0.15, 0.2) is 0 Å². The number of hydrogen-bond donors (Lipinski definition) is 1. The molecule has 0 bridgehead atoms. The van der Waals surface area contributed by atoms with E-state index in [-0.39, 0.29) is 5.82 Å². The van der Waals surface area contributed by atoms with Gasteiger partial charge in [0.1, 0.15) is 11.5 Å². The first-order chi connectivity index (χ1) is 8.34. The van der Waals surface area contributed by atoms with Crippen molar-refractivity contribution in [3.8, 4) is 0 Å². The Kier molecular flexibility index (Phi) is 3.23. The Morgan fingerprint density at radius 3 is 2.72 bits per heavy atom. The van der Waals surface area contributed by atoms with Crippen LogP contribution >= 0.6 is 0 Å². The minimum atomic E-state index is -4.43. The zero-order valence-corrected chi connectivity index (χ0v) is 10.0. The summed E-state index contributed by atoms with van der Waals surface area (Å²) in [6.07, 6.45) is -3.29. The molecule has 1 saturated heterocycles. The first kappa shape index (κ1) is 13.1. The molecule has 1 aromatic rings. The number of aromatic nitrogens is 1. The third kappa shape index (κ3) is 2.58. The van der Waals surface area contributed by atoms with Crippen LogP contribution in [-0.4, -0.2) is 28.8 Å². The molecule has 0 amide bonds. The van der Waals surface area contributed by atoms with E-state index in [4.69, 9.17) is 0 Å². The summed E-state index contributed by atoms with van der Waals surface area (Å²) < 4.78 is 37.6. The summed E-state index contributed by atoms with van der Waals surface area (Å²) in [5.74, 6) is 0.272. The van der Waals surface area contributed by atoms with Crippen LogP contribution in [0.15, 0.2) is 18.2 Å². The lowest BCUT2D eigenvalue weighted by Gasteiger charge is -2.22. The lowest BCUT2D eigenvalue weighted by atomic mass is 10.0. The van der Waals surface area contributed by atoms with Crippen LogP contribution in [-0.2, 0) is 6.18 Å². The fraction of sp³-hybridized carbons (Fsp3) is 0.583. The van der Waals surface area contributed by atoms with Crippen molar-refractivity contribution in [3.05, 3.63) is 23.9 Å². The largest absolute Gasteiger partial charge is 0.433 e. The molecule has 1 fully saturated rings. The van der Waals surface area contributed by atoms with Crippen molar-refractivity contribution in [2.45, 2.75) is 31.5 Å². The van der Waals surface area contributed by atoms with Crippen molar-refractivity contribution in [3.63, 3.8) is 0 Å². The Hall–Kier alpha value is -1.30. The number of alkyl halides is 3. The number of anilines is 1. The third-order valence-corrected chi connectivity index (χ3v) is 3.34. The van der Waals surface area contributed by atoms with E-state index in [1.807, 2.05) is 6.92 Å². The maximum absolute atomic E-state index is 12.5. The fourth-order valence-corrected chi connectivity index (χ4v) is 2.10. The minimum absolute atomic E-state index is 0.272. The van der Waals surface area contributed by atoms with Gasteiger partial charge in [-0.15, -0.1) is 0 Å². The molecule has 3 nitrogen and oxygen atoms in total. The van der Waals surface area contributed by atoms with Gasteiger partial charge in [0.25, 0.3) is 0 Å². The van der Waals surface area contributed by atoms with Gasteiger partial charge in [0, 0.05) is 13.1 Å². The molecule has 0 unspecified atom stereocenters. The molecule has 1 atom stereocenters. The predicted molar refractivity (Wildman–Crippen MR) is 61.3 cm³/mol. The molecule has 0 radical (unpaired) electrons. The summed E-state index contributed by atoms with van der Waals surface area (Å²) in [6.45, 7) is 2.72. The van der Waals surface area contributed by atoms with Crippen LogP contribution < -0.4 is 4.90 Å². The average Bonchev–Trinajstić information content (AvgIpc) is 2.72. The van der Waals surface area contributed by atoms with Crippen molar-refractivity contribution in [1.82, 2.24) is 4.98 Å². The van der Waals surface area contributed by atoms with Crippen LogP contribution in [0.2, 0.25) is 0 Å². The first-order valence-electron chi connectivity index (χ1n) is 5.86. The molecule has 1 N–H and O–H groups in total. The summed E-state index contributed by atoms with van der Waals surface area (Å²) in [7, 11) is 0. The van der Waals surface area contributed by atoms with Crippen LogP contribution in [0.4, 0.5) is 19.0 Å². The molecule has 18 heavy (non-hydrogen) atoms. The lowest BCUT2D eigenvalue weighted by Crippen LogP contribution is -2.32. The molecule has 1 aromatic heterocycles. The second-order valence-corrected chi connectivity index (χ2v) is 4.63. The number of aliphatic hydroxyl groups is 1. The molecular formula is C12H15F3N2O. The van der Waals surface area contributed by atoms with Gasteiger partial charge in [0.05, 0.1) is 5.60 Å². The highest BCUT2D eigenvalue weighted by molar-refractivity contribution is 5.42. The van der Waals surface area contributed by atoms with Crippen molar-refractivity contribution >= 4 is 5.82 Å². The van der Waals surface area contributed by atoms with Crippen LogP contribution in [0.3, 0.4) is 0 Å². The zero-order valence-electron chi connectivity index (χ0n) is 10.0. The van der Waals surface area contributed by atoms with Crippen LogP contribution in [0.25, 0.3) is 0 Å². The molecule has 2 heterocycles. The molecule has 100 valence electrons. The number of β-amino-alcohol motifs (C(OH)–C–C–N with tert-alkyl or cyclic N) is 1. The summed E-state index contributed by atoms with van der Waals surface area (Å²) in [5.41, 5.74) is -1.71. The number of pyridine rings is 1. The van der Waals surface area contributed by atoms with Crippen molar-refractivity contribution in [1.29, 1.82) is 0 Å². The van der Waals surface area contributed by atoms with Gasteiger partial charge in [0.2, 0.25) is 0 Å². The Labute approximate surface area is 103 Å². The van der Waals surface area contributed by atoms with E-state index >= 15 is 0 Å². The highest BCUT2D eigenvalue weighted by atomic mass is 19.4. The number of hydrogen-bond acceptors (Lipinski definition) is 3. The second kappa shape index (κ2) is 4.42. The maximum Gasteiger partial charge on any atom is 0.433 e. The molecule has 1 aliphatic rings. The summed E-state index contributed by atoms with van der Waals surface area (Å²) in [4.78, 5) is 5.31. The van der Waals surface area contributed by atoms with Gasteiger partial charge in [-0.05, 0) is 25.0 Å². The topological polar surface area (TPSA) is 36.4 Å². The molecule has 0 saturated carbocycles. The Morgan fingerprint density at radius 1 is 1.44 bits per heavy atom.